The van der Waals surface area contributed by atoms with E-state index < -0.39 is 6.04 Å². The third-order valence-electron chi connectivity index (χ3n) is 2.03. The van der Waals surface area contributed by atoms with E-state index in [4.69, 9.17) is 16.9 Å². The molecule has 2 atom stereocenters. The second-order valence-corrected chi connectivity index (χ2v) is 3.46. The molecule has 0 saturated carbocycles. The molecule has 1 amide bonds. The van der Waals surface area contributed by atoms with Crippen molar-refractivity contribution < 1.29 is 9.53 Å². The number of carbonyl (C=O) groups excluding carboxylic acids is 1. The molecule has 15 heavy (non-hydrogen) atoms. The van der Waals surface area contributed by atoms with Crippen LogP contribution >= 0.6 is 0 Å². The van der Waals surface area contributed by atoms with Crippen molar-refractivity contribution in [3.8, 4) is 12.3 Å². The van der Waals surface area contributed by atoms with Gasteiger partial charge >= 0.3 is 0 Å². The molecule has 2 unspecified atom stereocenters. The highest BCUT2D eigenvalue weighted by Crippen LogP contribution is 1.98. The second kappa shape index (κ2) is 8.27. The van der Waals surface area contributed by atoms with Crippen molar-refractivity contribution in [1.82, 2.24) is 5.32 Å². The van der Waals surface area contributed by atoms with Gasteiger partial charge in [0.2, 0.25) is 5.91 Å². The Bertz CT molecular complexity index is 217. The van der Waals surface area contributed by atoms with Gasteiger partial charge in [-0.2, -0.15) is 0 Å². The molecular formula is C11H20N2O2. The van der Waals surface area contributed by atoms with Crippen LogP contribution in [0.2, 0.25) is 0 Å². The average Bonchev–Trinajstić information content (AvgIpc) is 2.18. The molecule has 0 fully saturated rings. The largest absolute Gasteiger partial charge is 0.383 e. The van der Waals surface area contributed by atoms with E-state index in [9.17, 15) is 4.79 Å². The molecule has 0 aromatic heterocycles. The quantitative estimate of drug-likeness (QED) is 0.595. The van der Waals surface area contributed by atoms with Crippen molar-refractivity contribution in [2.75, 3.05) is 13.7 Å². The molecule has 0 spiro atoms. The highest BCUT2D eigenvalue weighted by molar-refractivity contribution is 5.82. The number of nitrogens with one attached hydrogen (secondary N) is 1. The van der Waals surface area contributed by atoms with Gasteiger partial charge in [0.1, 0.15) is 0 Å². The number of methoxy groups -OCH3 is 1. The fraction of sp³-hybridized carbons (Fsp3) is 0.727. The fourth-order valence-corrected chi connectivity index (χ4v) is 1.27. The predicted molar refractivity (Wildman–Crippen MR) is 60.1 cm³/mol. The van der Waals surface area contributed by atoms with E-state index >= 15 is 0 Å². The molecular weight excluding hydrogens is 192 g/mol. The zero-order valence-electron chi connectivity index (χ0n) is 9.45. The molecule has 4 nitrogen and oxygen atoms in total. The zero-order chi connectivity index (χ0) is 11.7. The normalized spacial score (nSPS) is 14.0. The number of rotatable bonds is 7. The first-order chi connectivity index (χ1) is 7.15. The van der Waals surface area contributed by atoms with E-state index in [0.717, 1.165) is 12.8 Å². The molecule has 4 heteroatoms. The van der Waals surface area contributed by atoms with Crippen LogP contribution < -0.4 is 11.1 Å². The monoisotopic (exact) mass is 212 g/mol. The van der Waals surface area contributed by atoms with Gasteiger partial charge in [-0.25, -0.2) is 0 Å². The molecule has 0 rings (SSSR count). The first kappa shape index (κ1) is 13.9. The van der Waals surface area contributed by atoms with Crippen molar-refractivity contribution in [2.45, 2.75) is 38.3 Å². The summed E-state index contributed by atoms with van der Waals surface area (Å²) < 4.78 is 5.00. The second-order valence-electron chi connectivity index (χ2n) is 3.46. The van der Waals surface area contributed by atoms with Gasteiger partial charge in [-0.3, -0.25) is 4.79 Å². The number of hydrogen-bond acceptors (Lipinski definition) is 3. The first-order valence-electron chi connectivity index (χ1n) is 5.14. The van der Waals surface area contributed by atoms with E-state index in [1.807, 2.05) is 0 Å². The molecule has 3 N–H and O–H groups in total. The molecule has 86 valence electrons. The Balaban J connectivity index is 4.04. The molecule has 0 radical (unpaired) electrons. The smallest absolute Gasteiger partial charge is 0.238 e. The van der Waals surface area contributed by atoms with Gasteiger partial charge in [-0.15, -0.1) is 12.3 Å². The topological polar surface area (TPSA) is 64.4 Å². The number of hydrogen-bond donors (Lipinski definition) is 2. The van der Waals surface area contributed by atoms with Crippen molar-refractivity contribution in [3.05, 3.63) is 0 Å². The van der Waals surface area contributed by atoms with E-state index in [1.165, 1.54) is 0 Å². The Hall–Kier alpha value is -1.05. The summed E-state index contributed by atoms with van der Waals surface area (Å²) in [6, 6.07) is -0.595. The Morgan fingerprint density at radius 2 is 2.33 bits per heavy atom. The number of nitrogens with two attached hydrogens (primary N) is 1. The van der Waals surface area contributed by atoms with Crippen LogP contribution in [0, 0.1) is 12.3 Å². The van der Waals surface area contributed by atoms with Crippen LogP contribution in [-0.2, 0) is 9.53 Å². The van der Waals surface area contributed by atoms with E-state index in [2.05, 4.69) is 18.2 Å². The van der Waals surface area contributed by atoms with Gasteiger partial charge in [0, 0.05) is 13.5 Å². The molecule has 0 aromatic rings. The summed E-state index contributed by atoms with van der Waals surface area (Å²) in [5.41, 5.74) is 5.57. The lowest BCUT2D eigenvalue weighted by atomic mass is 10.1. The van der Waals surface area contributed by atoms with Crippen molar-refractivity contribution in [2.24, 2.45) is 5.73 Å². The van der Waals surface area contributed by atoms with E-state index in [1.54, 1.807) is 7.11 Å². The standard InChI is InChI=1S/C11H20N2O2/c1-4-6-9(8-15-3)13-11(14)10(12)7-5-2/h2,9-10H,4,6-8,12H2,1,3H3,(H,13,14). The Morgan fingerprint density at radius 3 is 2.80 bits per heavy atom. The highest BCUT2D eigenvalue weighted by Gasteiger charge is 2.16. The van der Waals surface area contributed by atoms with E-state index in [0.29, 0.717) is 6.61 Å². The van der Waals surface area contributed by atoms with Gasteiger partial charge in [0.05, 0.1) is 18.7 Å². The van der Waals surface area contributed by atoms with Crippen LogP contribution in [0.25, 0.3) is 0 Å². The lowest BCUT2D eigenvalue weighted by Gasteiger charge is -2.19. The van der Waals surface area contributed by atoms with Gasteiger partial charge in [-0.05, 0) is 6.42 Å². The molecule has 0 aliphatic carbocycles. The Kier molecular flexibility index (Phi) is 7.69. The maximum atomic E-state index is 11.5. The number of ether oxygens (including phenoxy) is 1. The van der Waals surface area contributed by atoms with Crippen LogP contribution in [0.1, 0.15) is 26.2 Å². The van der Waals surface area contributed by atoms with Crippen molar-refractivity contribution >= 4 is 5.91 Å². The molecule has 0 heterocycles. The van der Waals surface area contributed by atoms with Crippen LogP contribution in [0.4, 0.5) is 0 Å². The van der Waals surface area contributed by atoms with Gasteiger partial charge in [0.15, 0.2) is 0 Å². The summed E-state index contributed by atoms with van der Waals surface area (Å²) in [6.07, 6.45) is 7.20. The number of terminal acetylenes is 1. The molecule has 0 aliphatic heterocycles. The molecule has 0 bridgehead atoms. The van der Waals surface area contributed by atoms with Crippen LogP contribution in [0.5, 0.6) is 0 Å². The SMILES string of the molecule is C#CCC(N)C(=O)NC(CCC)COC. The highest BCUT2D eigenvalue weighted by atomic mass is 16.5. The van der Waals surface area contributed by atoms with Crippen molar-refractivity contribution in [3.63, 3.8) is 0 Å². The maximum Gasteiger partial charge on any atom is 0.238 e. The predicted octanol–water partition coefficient (Wildman–Crippen LogP) is 0.268. The summed E-state index contributed by atoms with van der Waals surface area (Å²) in [6.45, 7) is 2.55. The average molecular weight is 212 g/mol. The van der Waals surface area contributed by atoms with Crippen molar-refractivity contribution in [1.29, 1.82) is 0 Å². The molecule has 0 aliphatic rings. The Labute approximate surface area is 91.6 Å². The minimum atomic E-state index is -0.619. The zero-order valence-corrected chi connectivity index (χ0v) is 9.45. The van der Waals surface area contributed by atoms with Crippen LogP contribution in [-0.4, -0.2) is 31.7 Å². The third-order valence-corrected chi connectivity index (χ3v) is 2.03. The lowest BCUT2D eigenvalue weighted by molar-refractivity contribution is -0.123. The third kappa shape index (κ3) is 6.10. The summed E-state index contributed by atoms with van der Waals surface area (Å²) in [5.74, 6) is 2.16. The molecule has 0 aromatic carbocycles. The van der Waals surface area contributed by atoms with Gasteiger partial charge in [-0.1, -0.05) is 13.3 Å². The minimum Gasteiger partial charge on any atom is -0.383 e. The Morgan fingerprint density at radius 1 is 1.67 bits per heavy atom. The van der Waals surface area contributed by atoms with Gasteiger partial charge < -0.3 is 15.8 Å². The molecule has 0 saturated heterocycles. The number of carbonyl (C=O) groups is 1. The first-order valence-corrected chi connectivity index (χ1v) is 5.14. The van der Waals surface area contributed by atoms with Crippen LogP contribution in [0.15, 0.2) is 0 Å². The maximum absolute atomic E-state index is 11.5. The van der Waals surface area contributed by atoms with E-state index in [-0.39, 0.29) is 18.4 Å². The fourth-order valence-electron chi connectivity index (χ4n) is 1.27. The summed E-state index contributed by atoms with van der Waals surface area (Å²) in [7, 11) is 1.61. The number of amides is 1. The van der Waals surface area contributed by atoms with Crippen LogP contribution in [0.3, 0.4) is 0 Å². The summed E-state index contributed by atoms with van der Waals surface area (Å²) in [4.78, 5) is 11.5. The minimum absolute atomic E-state index is 0.0244. The lowest BCUT2D eigenvalue weighted by Crippen LogP contribution is -2.46. The summed E-state index contributed by atoms with van der Waals surface area (Å²) >= 11 is 0. The summed E-state index contributed by atoms with van der Waals surface area (Å²) in [5, 5.41) is 2.82. The van der Waals surface area contributed by atoms with Gasteiger partial charge in [0.25, 0.3) is 0 Å².